The molecule has 3 heterocycles. The first-order chi connectivity index (χ1) is 13.0. The van der Waals surface area contributed by atoms with Gasteiger partial charge in [-0.25, -0.2) is 18.1 Å². The van der Waals surface area contributed by atoms with Crippen molar-refractivity contribution in [2.45, 2.75) is 30.8 Å². The summed E-state index contributed by atoms with van der Waals surface area (Å²) in [5, 5.41) is 1.82. The van der Waals surface area contributed by atoms with Crippen LogP contribution in [0.5, 0.6) is 0 Å². The van der Waals surface area contributed by atoms with Crippen LogP contribution in [0.15, 0.2) is 40.9 Å². The van der Waals surface area contributed by atoms with E-state index in [0.29, 0.717) is 11.5 Å². The maximum atomic E-state index is 12.6. The molecule has 144 valence electrons. The first-order valence-electron chi connectivity index (χ1n) is 8.94. The molecule has 4 rings (SSSR count). The zero-order valence-electron chi connectivity index (χ0n) is 14.8. The fourth-order valence-electron chi connectivity index (χ4n) is 3.46. The lowest BCUT2D eigenvalue weighted by atomic mass is 10.00. The standard InChI is InChI=1S/C18H21ClN4O2S2/c19-16-17(23-11-12-26-18(23)21-16)27(24,25)20-8-3-4-9-22-10-7-14-5-1-2-6-15(14)13-22/h1-2,5-6,11-12,20H,3-4,7-10,13H2. The number of sulfonamides is 1. The second-order valence-electron chi connectivity index (χ2n) is 6.66. The number of hydrogen-bond acceptors (Lipinski definition) is 5. The summed E-state index contributed by atoms with van der Waals surface area (Å²) in [5.41, 5.74) is 2.85. The molecule has 27 heavy (non-hydrogen) atoms. The van der Waals surface area contributed by atoms with E-state index in [1.807, 2.05) is 0 Å². The van der Waals surface area contributed by atoms with E-state index in [1.54, 1.807) is 11.6 Å². The predicted octanol–water partition coefficient (Wildman–Crippen LogP) is 3.17. The van der Waals surface area contributed by atoms with Crippen LogP contribution in [-0.4, -0.2) is 42.3 Å². The molecule has 0 spiro atoms. The van der Waals surface area contributed by atoms with Gasteiger partial charge in [0, 0.05) is 31.2 Å². The second kappa shape index (κ2) is 7.89. The minimum Gasteiger partial charge on any atom is -0.299 e. The summed E-state index contributed by atoms with van der Waals surface area (Å²) in [5.74, 6) is 0. The molecule has 1 aliphatic rings. The molecule has 0 radical (unpaired) electrons. The molecule has 0 unspecified atom stereocenters. The lowest BCUT2D eigenvalue weighted by Crippen LogP contribution is -2.32. The largest absolute Gasteiger partial charge is 0.299 e. The molecule has 0 amide bonds. The summed E-state index contributed by atoms with van der Waals surface area (Å²) >= 11 is 7.38. The SMILES string of the molecule is O=S(=O)(NCCCCN1CCc2ccccc2C1)c1c(Cl)nc2sccn12. The molecule has 0 saturated carbocycles. The summed E-state index contributed by atoms with van der Waals surface area (Å²) in [7, 11) is -3.68. The van der Waals surface area contributed by atoms with Crippen LogP contribution < -0.4 is 4.72 Å². The van der Waals surface area contributed by atoms with Gasteiger partial charge in [-0.05, 0) is 36.9 Å². The first-order valence-corrected chi connectivity index (χ1v) is 11.7. The molecule has 0 aliphatic carbocycles. The molecule has 1 aliphatic heterocycles. The number of nitrogens with zero attached hydrogens (tertiary/aromatic N) is 3. The minimum atomic E-state index is -3.68. The van der Waals surface area contributed by atoms with Crippen LogP contribution >= 0.6 is 22.9 Å². The maximum Gasteiger partial charge on any atom is 0.259 e. The number of hydrogen-bond donors (Lipinski definition) is 1. The number of fused-ring (bicyclic) bond motifs is 2. The minimum absolute atomic E-state index is 0.0151. The molecule has 3 aromatic rings. The van der Waals surface area contributed by atoms with Gasteiger partial charge in [0.25, 0.3) is 10.0 Å². The topological polar surface area (TPSA) is 66.7 Å². The molecule has 6 nitrogen and oxygen atoms in total. The molecule has 2 aromatic heterocycles. The molecule has 0 bridgehead atoms. The number of imidazole rings is 1. The van der Waals surface area contributed by atoms with Crippen LogP contribution in [0.1, 0.15) is 24.0 Å². The zero-order chi connectivity index (χ0) is 18.9. The summed E-state index contributed by atoms with van der Waals surface area (Å²) in [6, 6.07) is 8.57. The van der Waals surface area contributed by atoms with Crippen molar-refractivity contribution in [3.63, 3.8) is 0 Å². The third-order valence-corrected chi connectivity index (χ3v) is 7.45. The average molecular weight is 425 g/mol. The highest BCUT2D eigenvalue weighted by Crippen LogP contribution is 2.25. The molecular weight excluding hydrogens is 404 g/mol. The number of benzene rings is 1. The van der Waals surface area contributed by atoms with E-state index < -0.39 is 10.0 Å². The number of halogens is 1. The quantitative estimate of drug-likeness (QED) is 0.591. The Hall–Kier alpha value is -1.45. The smallest absolute Gasteiger partial charge is 0.259 e. The monoisotopic (exact) mass is 424 g/mol. The van der Waals surface area contributed by atoms with Crippen LogP contribution in [0.2, 0.25) is 5.15 Å². The van der Waals surface area contributed by atoms with Crippen LogP contribution in [0.3, 0.4) is 0 Å². The highest BCUT2D eigenvalue weighted by atomic mass is 35.5. The number of aromatic nitrogens is 2. The number of unbranched alkanes of at least 4 members (excludes halogenated alkanes) is 1. The van der Waals surface area contributed by atoms with Gasteiger partial charge in [0.1, 0.15) is 0 Å². The van der Waals surface area contributed by atoms with E-state index in [9.17, 15) is 8.42 Å². The predicted molar refractivity (Wildman–Crippen MR) is 108 cm³/mol. The van der Waals surface area contributed by atoms with Gasteiger partial charge in [-0.3, -0.25) is 9.30 Å². The maximum absolute atomic E-state index is 12.6. The molecule has 1 aromatic carbocycles. The molecule has 0 atom stereocenters. The summed E-state index contributed by atoms with van der Waals surface area (Å²) in [4.78, 5) is 7.09. The van der Waals surface area contributed by atoms with Crippen molar-refractivity contribution < 1.29 is 8.42 Å². The molecule has 0 fully saturated rings. The van der Waals surface area contributed by atoms with Gasteiger partial charge >= 0.3 is 0 Å². The average Bonchev–Trinajstić information content (AvgIpc) is 3.21. The van der Waals surface area contributed by atoms with Crippen molar-refractivity contribution in [2.75, 3.05) is 19.6 Å². The number of nitrogens with one attached hydrogen (secondary N) is 1. The van der Waals surface area contributed by atoms with E-state index in [2.05, 4.69) is 38.9 Å². The lowest BCUT2D eigenvalue weighted by Gasteiger charge is -2.28. The molecule has 9 heteroatoms. The van der Waals surface area contributed by atoms with Gasteiger partial charge in [-0.1, -0.05) is 35.9 Å². The van der Waals surface area contributed by atoms with Crippen molar-refractivity contribution in [1.82, 2.24) is 19.0 Å². The molecule has 1 N–H and O–H groups in total. The summed E-state index contributed by atoms with van der Waals surface area (Å²) in [6.45, 7) is 3.40. The van der Waals surface area contributed by atoms with E-state index in [-0.39, 0.29) is 10.2 Å². The number of thiazole rings is 1. The van der Waals surface area contributed by atoms with Crippen LogP contribution in [0, 0.1) is 0 Å². The van der Waals surface area contributed by atoms with Gasteiger partial charge in [0.15, 0.2) is 15.1 Å². The fourth-order valence-corrected chi connectivity index (χ4v) is 5.98. The molecule has 0 saturated heterocycles. The Morgan fingerprint density at radius 1 is 1.22 bits per heavy atom. The van der Waals surface area contributed by atoms with Crippen LogP contribution in [0.4, 0.5) is 0 Å². The van der Waals surface area contributed by atoms with Gasteiger partial charge in [0.05, 0.1) is 0 Å². The Kier molecular flexibility index (Phi) is 5.52. The Morgan fingerprint density at radius 2 is 2.04 bits per heavy atom. The van der Waals surface area contributed by atoms with E-state index in [1.165, 1.54) is 26.9 Å². The third kappa shape index (κ3) is 4.05. The van der Waals surface area contributed by atoms with Gasteiger partial charge < -0.3 is 0 Å². The second-order valence-corrected chi connectivity index (χ2v) is 9.58. The van der Waals surface area contributed by atoms with Crippen molar-refractivity contribution in [2.24, 2.45) is 0 Å². The normalized spacial score (nSPS) is 15.3. The van der Waals surface area contributed by atoms with Gasteiger partial charge in [0.2, 0.25) is 0 Å². The Bertz CT molecular complexity index is 1040. The molecular formula is C18H21ClN4O2S2. The van der Waals surface area contributed by atoms with E-state index in [4.69, 9.17) is 11.6 Å². The van der Waals surface area contributed by atoms with Crippen LogP contribution in [-0.2, 0) is 23.0 Å². The van der Waals surface area contributed by atoms with Crippen molar-refractivity contribution in [3.05, 3.63) is 52.1 Å². The van der Waals surface area contributed by atoms with Crippen molar-refractivity contribution >= 4 is 37.9 Å². The summed E-state index contributed by atoms with van der Waals surface area (Å²) in [6.07, 6.45) is 4.47. The van der Waals surface area contributed by atoms with Gasteiger partial charge in [-0.2, -0.15) is 0 Å². The van der Waals surface area contributed by atoms with Crippen molar-refractivity contribution in [1.29, 1.82) is 0 Å². The highest BCUT2D eigenvalue weighted by Gasteiger charge is 2.24. The zero-order valence-corrected chi connectivity index (χ0v) is 17.2. The lowest BCUT2D eigenvalue weighted by molar-refractivity contribution is 0.249. The number of rotatable bonds is 7. The fraction of sp³-hybridized carbons (Fsp3) is 0.389. The van der Waals surface area contributed by atoms with Crippen LogP contribution in [0.25, 0.3) is 4.96 Å². The summed E-state index contributed by atoms with van der Waals surface area (Å²) < 4.78 is 29.3. The highest BCUT2D eigenvalue weighted by molar-refractivity contribution is 7.89. The van der Waals surface area contributed by atoms with Crippen molar-refractivity contribution in [3.8, 4) is 0 Å². The first kappa shape index (κ1) is 18.9. The van der Waals surface area contributed by atoms with E-state index >= 15 is 0 Å². The van der Waals surface area contributed by atoms with E-state index in [0.717, 1.165) is 38.9 Å². The Balaban J connectivity index is 1.27. The Labute approximate surface area is 167 Å². The Morgan fingerprint density at radius 3 is 2.89 bits per heavy atom. The van der Waals surface area contributed by atoms with Gasteiger partial charge in [-0.15, -0.1) is 11.3 Å². The third-order valence-electron chi connectivity index (χ3n) is 4.84.